The van der Waals surface area contributed by atoms with Crippen molar-refractivity contribution in [3.63, 3.8) is 0 Å². The summed E-state index contributed by atoms with van der Waals surface area (Å²) in [4.78, 5) is 25.6. The second-order valence-electron chi connectivity index (χ2n) is 6.28. The molecular weight excluding hydrogens is 353 g/mol. The van der Waals surface area contributed by atoms with Crippen LogP contribution in [0.15, 0.2) is 24.3 Å². The van der Waals surface area contributed by atoms with Crippen LogP contribution in [0.4, 0.5) is 13.2 Å². The minimum Gasteiger partial charge on any atom is -0.394 e. The zero-order chi connectivity index (χ0) is 19.3. The maximum atomic E-state index is 12.8. The zero-order valence-electron chi connectivity index (χ0n) is 14.0. The Morgan fingerprint density at radius 3 is 2.62 bits per heavy atom. The summed E-state index contributed by atoms with van der Waals surface area (Å²) >= 11 is 0. The summed E-state index contributed by atoms with van der Waals surface area (Å²) in [7, 11) is 0. The maximum Gasteiger partial charge on any atom is 0.416 e. The first-order valence-electron chi connectivity index (χ1n) is 8.20. The minimum absolute atomic E-state index is 0.0179. The van der Waals surface area contributed by atoms with Crippen LogP contribution >= 0.6 is 0 Å². The SMILES string of the molecule is O=C(NC(CO)CO)[C@H]1CCC(=O)N(Cc2cccc(C(F)(F)F)c2)C1. The molecule has 3 N–H and O–H groups in total. The van der Waals surface area contributed by atoms with Crippen molar-refractivity contribution in [3.05, 3.63) is 35.4 Å². The van der Waals surface area contributed by atoms with Crippen LogP contribution < -0.4 is 5.32 Å². The molecule has 1 aliphatic rings. The number of hydrogen-bond acceptors (Lipinski definition) is 4. The van der Waals surface area contributed by atoms with Crippen molar-refractivity contribution >= 4 is 11.8 Å². The Morgan fingerprint density at radius 1 is 1.31 bits per heavy atom. The van der Waals surface area contributed by atoms with Gasteiger partial charge in [-0.1, -0.05) is 12.1 Å². The summed E-state index contributed by atoms with van der Waals surface area (Å²) < 4.78 is 38.4. The van der Waals surface area contributed by atoms with E-state index in [1.165, 1.54) is 17.0 Å². The Balaban J connectivity index is 2.05. The number of nitrogens with zero attached hydrogens (tertiary/aromatic N) is 1. The van der Waals surface area contributed by atoms with Gasteiger partial charge in [-0.05, 0) is 24.1 Å². The number of alkyl halides is 3. The van der Waals surface area contributed by atoms with E-state index in [0.717, 1.165) is 12.1 Å². The number of carbonyl (C=O) groups is 2. The molecule has 0 aliphatic carbocycles. The Kier molecular flexibility index (Phi) is 6.60. The molecule has 0 spiro atoms. The number of amides is 2. The number of carbonyl (C=O) groups excluding carboxylic acids is 2. The van der Waals surface area contributed by atoms with Gasteiger partial charge < -0.3 is 20.4 Å². The zero-order valence-corrected chi connectivity index (χ0v) is 14.0. The second kappa shape index (κ2) is 8.50. The van der Waals surface area contributed by atoms with Crippen LogP contribution in [0.1, 0.15) is 24.0 Å². The molecule has 0 radical (unpaired) electrons. The number of benzene rings is 1. The summed E-state index contributed by atoms with van der Waals surface area (Å²) in [6, 6.07) is 3.95. The highest BCUT2D eigenvalue weighted by Crippen LogP contribution is 2.30. The second-order valence-corrected chi connectivity index (χ2v) is 6.28. The van der Waals surface area contributed by atoms with Crippen LogP contribution in [-0.4, -0.2) is 52.7 Å². The predicted molar refractivity (Wildman–Crippen MR) is 85.7 cm³/mol. The molecule has 1 aromatic carbocycles. The van der Waals surface area contributed by atoms with Crippen LogP contribution in [0.2, 0.25) is 0 Å². The fourth-order valence-corrected chi connectivity index (χ4v) is 2.82. The van der Waals surface area contributed by atoms with Crippen molar-refractivity contribution in [2.24, 2.45) is 5.92 Å². The average Bonchev–Trinajstić information content (AvgIpc) is 2.60. The van der Waals surface area contributed by atoms with Crippen molar-refractivity contribution < 1.29 is 33.0 Å². The van der Waals surface area contributed by atoms with E-state index in [1.807, 2.05) is 0 Å². The molecule has 9 heteroatoms. The van der Waals surface area contributed by atoms with Crippen LogP contribution in [0.3, 0.4) is 0 Å². The topological polar surface area (TPSA) is 89.9 Å². The summed E-state index contributed by atoms with van der Waals surface area (Å²) in [6.07, 6.45) is -4.04. The molecule has 1 heterocycles. The molecule has 0 unspecified atom stereocenters. The molecule has 1 saturated heterocycles. The molecule has 0 aromatic heterocycles. The van der Waals surface area contributed by atoms with Crippen molar-refractivity contribution in [1.82, 2.24) is 10.2 Å². The van der Waals surface area contributed by atoms with Crippen LogP contribution in [0.5, 0.6) is 0 Å². The molecule has 0 saturated carbocycles. The molecule has 26 heavy (non-hydrogen) atoms. The van der Waals surface area contributed by atoms with Gasteiger partial charge in [-0.2, -0.15) is 13.2 Å². The third kappa shape index (κ3) is 5.18. The molecule has 6 nitrogen and oxygen atoms in total. The lowest BCUT2D eigenvalue weighted by Gasteiger charge is -2.32. The first-order chi connectivity index (χ1) is 12.2. The highest BCUT2D eigenvalue weighted by molar-refractivity contribution is 5.84. The number of rotatable bonds is 6. The lowest BCUT2D eigenvalue weighted by atomic mass is 9.95. The van der Waals surface area contributed by atoms with Crippen molar-refractivity contribution in [2.45, 2.75) is 31.6 Å². The standard InChI is InChI=1S/C17H21F3N2O4/c18-17(19,20)13-3-1-2-11(6-13)7-22-8-12(4-5-15(22)25)16(26)21-14(9-23)10-24/h1-3,6,12,14,23-24H,4-5,7-10H2,(H,21,26)/t12-/m0/s1. The fraction of sp³-hybridized carbons (Fsp3) is 0.529. The van der Waals surface area contributed by atoms with Gasteiger partial charge in [-0.15, -0.1) is 0 Å². The van der Waals surface area contributed by atoms with E-state index in [4.69, 9.17) is 10.2 Å². The van der Waals surface area contributed by atoms with Gasteiger partial charge in [0.2, 0.25) is 11.8 Å². The van der Waals surface area contributed by atoms with E-state index in [-0.39, 0.29) is 25.4 Å². The van der Waals surface area contributed by atoms with E-state index < -0.39 is 42.8 Å². The van der Waals surface area contributed by atoms with Gasteiger partial charge in [0.05, 0.1) is 30.7 Å². The quantitative estimate of drug-likeness (QED) is 0.691. The number of hydrogen-bond donors (Lipinski definition) is 3. The molecule has 2 rings (SSSR count). The fourth-order valence-electron chi connectivity index (χ4n) is 2.82. The number of aliphatic hydroxyl groups excluding tert-OH is 2. The van der Waals surface area contributed by atoms with Crippen LogP contribution in [-0.2, 0) is 22.3 Å². The molecule has 144 valence electrons. The molecule has 2 amide bonds. The summed E-state index contributed by atoms with van der Waals surface area (Å²) in [5.41, 5.74) is -0.458. The maximum absolute atomic E-state index is 12.8. The molecule has 1 atom stereocenters. The number of aliphatic hydroxyl groups is 2. The Morgan fingerprint density at radius 2 is 2.00 bits per heavy atom. The lowest BCUT2D eigenvalue weighted by Crippen LogP contribution is -2.49. The van der Waals surface area contributed by atoms with Gasteiger partial charge in [-0.25, -0.2) is 0 Å². The Hall–Kier alpha value is -2.13. The van der Waals surface area contributed by atoms with Crippen molar-refractivity contribution in [1.29, 1.82) is 0 Å². The van der Waals surface area contributed by atoms with Gasteiger partial charge in [-0.3, -0.25) is 9.59 Å². The first kappa shape index (κ1) is 20.2. The molecular formula is C17H21F3N2O4. The van der Waals surface area contributed by atoms with E-state index in [1.54, 1.807) is 0 Å². The van der Waals surface area contributed by atoms with Crippen molar-refractivity contribution in [2.75, 3.05) is 19.8 Å². The van der Waals surface area contributed by atoms with Gasteiger partial charge >= 0.3 is 6.18 Å². The van der Waals surface area contributed by atoms with Gasteiger partial charge in [0, 0.05) is 19.5 Å². The summed E-state index contributed by atoms with van der Waals surface area (Å²) in [6.45, 7) is -0.774. The monoisotopic (exact) mass is 374 g/mol. The lowest BCUT2D eigenvalue weighted by molar-refractivity contribution is -0.139. The van der Waals surface area contributed by atoms with E-state index in [2.05, 4.69) is 5.32 Å². The Labute approximate surface area is 148 Å². The molecule has 1 fully saturated rings. The van der Waals surface area contributed by atoms with E-state index in [9.17, 15) is 22.8 Å². The third-order valence-corrected chi connectivity index (χ3v) is 4.29. The molecule has 1 aliphatic heterocycles. The van der Waals surface area contributed by atoms with Crippen molar-refractivity contribution in [3.8, 4) is 0 Å². The summed E-state index contributed by atoms with van der Waals surface area (Å²) in [5.74, 6) is -1.17. The van der Waals surface area contributed by atoms with Gasteiger partial charge in [0.1, 0.15) is 0 Å². The number of halogens is 3. The predicted octanol–water partition coefficient (Wildman–Crippen LogP) is 0.913. The van der Waals surface area contributed by atoms with E-state index in [0.29, 0.717) is 12.0 Å². The average molecular weight is 374 g/mol. The minimum atomic E-state index is -4.46. The molecule has 1 aromatic rings. The highest BCUT2D eigenvalue weighted by atomic mass is 19.4. The molecule has 0 bridgehead atoms. The summed E-state index contributed by atoms with van der Waals surface area (Å²) in [5, 5.41) is 20.5. The smallest absolute Gasteiger partial charge is 0.394 e. The third-order valence-electron chi connectivity index (χ3n) is 4.29. The van der Waals surface area contributed by atoms with Gasteiger partial charge in [0.15, 0.2) is 0 Å². The first-order valence-corrected chi connectivity index (χ1v) is 8.20. The number of piperidine rings is 1. The number of likely N-dealkylation sites (tertiary alicyclic amines) is 1. The van der Waals surface area contributed by atoms with E-state index >= 15 is 0 Å². The normalized spacial score (nSPS) is 18.3. The largest absolute Gasteiger partial charge is 0.416 e. The number of nitrogens with one attached hydrogen (secondary N) is 1. The highest BCUT2D eigenvalue weighted by Gasteiger charge is 2.33. The van der Waals surface area contributed by atoms with Crippen LogP contribution in [0, 0.1) is 5.92 Å². The Bertz CT molecular complexity index is 647. The van der Waals surface area contributed by atoms with Crippen LogP contribution in [0.25, 0.3) is 0 Å². The van der Waals surface area contributed by atoms with Gasteiger partial charge in [0.25, 0.3) is 0 Å².